The molecule has 2 heterocycles. The van der Waals surface area contributed by atoms with Gasteiger partial charge in [0.05, 0.1) is 25.0 Å². The van der Waals surface area contributed by atoms with Crippen LogP contribution in [0.25, 0.3) is 0 Å². The Morgan fingerprint density at radius 2 is 2.22 bits per heavy atom. The number of aromatic nitrogens is 1. The van der Waals surface area contributed by atoms with E-state index in [1.54, 1.807) is 0 Å². The molecule has 3 N–H and O–H groups in total. The maximum atomic E-state index is 8.73. The molecule has 1 aliphatic heterocycles. The van der Waals surface area contributed by atoms with Crippen LogP contribution in [0.2, 0.25) is 0 Å². The quantitative estimate of drug-likeness (QED) is 0.798. The van der Waals surface area contributed by atoms with Gasteiger partial charge in [-0.2, -0.15) is 0 Å². The van der Waals surface area contributed by atoms with Gasteiger partial charge in [-0.3, -0.25) is 4.98 Å². The summed E-state index contributed by atoms with van der Waals surface area (Å²) in [4.78, 5) is 6.54. The molecule has 2 rings (SSSR count). The van der Waals surface area contributed by atoms with Crippen molar-refractivity contribution in [3.8, 4) is 0 Å². The highest BCUT2D eigenvalue weighted by Gasteiger charge is 2.19. The second-order valence-electron chi connectivity index (χ2n) is 4.49. The first-order valence-electron chi connectivity index (χ1n) is 6.46. The van der Waals surface area contributed by atoms with Crippen LogP contribution in [0, 0.1) is 0 Å². The molecular formula is C13H21N3O2. The summed E-state index contributed by atoms with van der Waals surface area (Å²) in [6, 6.07) is 4.07. The molecule has 1 saturated heterocycles. The molecule has 0 unspecified atom stereocenters. The van der Waals surface area contributed by atoms with E-state index in [1.807, 2.05) is 12.3 Å². The number of rotatable bonds is 5. The Morgan fingerprint density at radius 3 is 2.89 bits per heavy atom. The zero-order chi connectivity index (χ0) is 12.8. The molecule has 0 atom stereocenters. The Kier molecular flexibility index (Phi) is 4.92. The second-order valence-corrected chi connectivity index (χ2v) is 4.49. The van der Waals surface area contributed by atoms with E-state index in [-0.39, 0.29) is 12.7 Å². The predicted octanol–water partition coefficient (Wildman–Crippen LogP) is 0.518. The van der Waals surface area contributed by atoms with Crippen LogP contribution in [0.1, 0.15) is 18.5 Å². The van der Waals surface area contributed by atoms with E-state index in [4.69, 9.17) is 15.6 Å². The minimum Gasteiger partial charge on any atom is -0.394 e. The summed E-state index contributed by atoms with van der Waals surface area (Å²) in [6.07, 6.45) is 4.09. The molecule has 0 aromatic carbocycles. The maximum absolute atomic E-state index is 8.73. The fraction of sp³-hybridized carbons (Fsp3) is 0.615. The van der Waals surface area contributed by atoms with Crippen molar-refractivity contribution in [3.63, 3.8) is 0 Å². The highest BCUT2D eigenvalue weighted by atomic mass is 16.5. The molecule has 0 radical (unpaired) electrons. The van der Waals surface area contributed by atoms with Crippen LogP contribution in [0.3, 0.4) is 0 Å². The van der Waals surface area contributed by atoms with Crippen LogP contribution >= 0.6 is 0 Å². The third kappa shape index (κ3) is 3.41. The van der Waals surface area contributed by atoms with Crippen molar-refractivity contribution in [2.45, 2.75) is 25.5 Å². The average molecular weight is 251 g/mol. The minimum atomic E-state index is 0.102. The largest absolute Gasteiger partial charge is 0.394 e. The van der Waals surface area contributed by atoms with E-state index in [2.05, 4.69) is 16.0 Å². The van der Waals surface area contributed by atoms with Gasteiger partial charge >= 0.3 is 0 Å². The first kappa shape index (κ1) is 13.3. The van der Waals surface area contributed by atoms with Crippen LogP contribution in [0.4, 0.5) is 5.69 Å². The van der Waals surface area contributed by atoms with E-state index in [1.165, 1.54) is 5.69 Å². The summed E-state index contributed by atoms with van der Waals surface area (Å²) in [7, 11) is 0. The monoisotopic (exact) mass is 251 g/mol. The molecule has 5 heteroatoms. The summed E-state index contributed by atoms with van der Waals surface area (Å²) in [5.74, 6) is 0. The maximum Gasteiger partial charge on any atom is 0.0701 e. The van der Waals surface area contributed by atoms with Gasteiger partial charge in [-0.05, 0) is 25.0 Å². The molecule has 18 heavy (non-hydrogen) atoms. The third-order valence-corrected chi connectivity index (χ3v) is 3.26. The Balaban J connectivity index is 1.88. The number of pyridine rings is 1. The van der Waals surface area contributed by atoms with Gasteiger partial charge in [0.25, 0.3) is 0 Å². The van der Waals surface area contributed by atoms with Gasteiger partial charge in [-0.15, -0.1) is 0 Å². The standard InChI is InChI=1S/C13H21N3O2/c14-10-11-9-12(1-4-15-11)16-5-2-13(3-6-16)18-8-7-17/h1,4,9,13,17H,2-3,5-8,10,14H2. The van der Waals surface area contributed by atoms with Gasteiger partial charge in [-0.1, -0.05) is 0 Å². The van der Waals surface area contributed by atoms with Crippen molar-refractivity contribution in [1.82, 2.24) is 4.98 Å². The number of nitrogens with two attached hydrogens (primary N) is 1. The fourth-order valence-electron chi connectivity index (χ4n) is 2.27. The molecular weight excluding hydrogens is 230 g/mol. The van der Waals surface area contributed by atoms with Gasteiger partial charge < -0.3 is 20.5 Å². The van der Waals surface area contributed by atoms with Gasteiger partial charge in [-0.25, -0.2) is 0 Å². The van der Waals surface area contributed by atoms with Gasteiger partial charge in [0.2, 0.25) is 0 Å². The Hall–Kier alpha value is -1.17. The van der Waals surface area contributed by atoms with Gasteiger partial charge in [0.15, 0.2) is 0 Å². The van der Waals surface area contributed by atoms with Gasteiger partial charge in [0, 0.05) is 31.5 Å². The summed E-state index contributed by atoms with van der Waals surface area (Å²) in [5.41, 5.74) is 7.71. The smallest absolute Gasteiger partial charge is 0.0701 e. The first-order chi connectivity index (χ1) is 8.83. The van der Waals surface area contributed by atoms with Gasteiger partial charge in [0.1, 0.15) is 0 Å². The Morgan fingerprint density at radius 1 is 1.44 bits per heavy atom. The SMILES string of the molecule is NCc1cc(N2CCC(OCCO)CC2)ccn1. The van der Waals surface area contributed by atoms with Crippen molar-refractivity contribution in [1.29, 1.82) is 0 Å². The lowest BCUT2D eigenvalue weighted by Gasteiger charge is -2.33. The lowest BCUT2D eigenvalue weighted by molar-refractivity contribution is 0.0159. The number of ether oxygens (including phenoxy) is 1. The number of aliphatic hydroxyl groups is 1. The van der Waals surface area contributed by atoms with Crippen molar-refractivity contribution in [2.24, 2.45) is 5.73 Å². The molecule has 0 amide bonds. The average Bonchev–Trinajstić information content (AvgIpc) is 2.46. The molecule has 1 fully saturated rings. The summed E-state index contributed by atoms with van der Waals surface area (Å²) < 4.78 is 5.55. The van der Waals surface area contributed by atoms with Crippen molar-refractivity contribution >= 4 is 5.69 Å². The molecule has 100 valence electrons. The molecule has 5 nitrogen and oxygen atoms in total. The van der Waals surface area contributed by atoms with E-state index in [9.17, 15) is 0 Å². The predicted molar refractivity (Wildman–Crippen MR) is 70.4 cm³/mol. The van der Waals surface area contributed by atoms with Crippen LogP contribution in [0.15, 0.2) is 18.3 Å². The zero-order valence-corrected chi connectivity index (χ0v) is 10.6. The second kappa shape index (κ2) is 6.68. The molecule has 0 saturated carbocycles. The lowest BCUT2D eigenvalue weighted by Crippen LogP contribution is -2.37. The lowest BCUT2D eigenvalue weighted by atomic mass is 10.1. The van der Waals surface area contributed by atoms with E-state index >= 15 is 0 Å². The molecule has 0 spiro atoms. The highest BCUT2D eigenvalue weighted by molar-refractivity contribution is 5.46. The molecule has 1 aliphatic rings. The number of nitrogens with zero attached hydrogens (tertiary/aromatic N) is 2. The van der Waals surface area contributed by atoms with Crippen LogP contribution < -0.4 is 10.6 Å². The molecule has 1 aromatic heterocycles. The van der Waals surface area contributed by atoms with Crippen LogP contribution in [0.5, 0.6) is 0 Å². The minimum absolute atomic E-state index is 0.102. The highest BCUT2D eigenvalue weighted by Crippen LogP contribution is 2.21. The van der Waals surface area contributed by atoms with Crippen molar-refractivity contribution < 1.29 is 9.84 Å². The number of piperidine rings is 1. The number of anilines is 1. The molecule has 1 aromatic rings. The number of hydrogen-bond donors (Lipinski definition) is 2. The first-order valence-corrected chi connectivity index (χ1v) is 6.46. The van der Waals surface area contributed by atoms with E-state index in [0.717, 1.165) is 31.6 Å². The topological polar surface area (TPSA) is 71.6 Å². The summed E-state index contributed by atoms with van der Waals surface area (Å²) in [5, 5.41) is 8.73. The zero-order valence-electron chi connectivity index (χ0n) is 10.6. The van der Waals surface area contributed by atoms with Crippen molar-refractivity contribution in [2.75, 3.05) is 31.2 Å². The van der Waals surface area contributed by atoms with Crippen LogP contribution in [-0.2, 0) is 11.3 Å². The van der Waals surface area contributed by atoms with E-state index < -0.39 is 0 Å². The molecule has 0 bridgehead atoms. The molecule has 0 aliphatic carbocycles. The van der Waals surface area contributed by atoms with E-state index in [0.29, 0.717) is 13.2 Å². The fourth-order valence-corrected chi connectivity index (χ4v) is 2.27. The van der Waals surface area contributed by atoms with Crippen LogP contribution in [-0.4, -0.2) is 42.5 Å². The number of aliphatic hydroxyl groups excluding tert-OH is 1. The normalized spacial score (nSPS) is 17.1. The third-order valence-electron chi connectivity index (χ3n) is 3.26. The Labute approximate surface area is 108 Å². The summed E-state index contributed by atoms with van der Waals surface area (Å²) >= 11 is 0. The number of hydrogen-bond acceptors (Lipinski definition) is 5. The Bertz CT molecular complexity index is 365. The summed E-state index contributed by atoms with van der Waals surface area (Å²) in [6.45, 7) is 2.97. The van der Waals surface area contributed by atoms with Crippen molar-refractivity contribution in [3.05, 3.63) is 24.0 Å².